The van der Waals surface area contributed by atoms with Crippen molar-refractivity contribution in [3.8, 4) is 0 Å². The van der Waals surface area contributed by atoms with Gasteiger partial charge in [0.05, 0.1) is 5.56 Å². The molecule has 0 saturated heterocycles. The molecule has 0 spiro atoms. The van der Waals surface area contributed by atoms with Crippen LogP contribution >= 0.6 is 0 Å². The summed E-state index contributed by atoms with van der Waals surface area (Å²) in [5, 5.41) is 6.04. The number of anilines is 3. The zero-order chi connectivity index (χ0) is 16.0. The zero-order valence-corrected chi connectivity index (χ0v) is 12.1. The van der Waals surface area contributed by atoms with Crippen LogP contribution in [-0.4, -0.2) is 16.5 Å². The number of nitrogens with zero attached hydrogens (tertiary/aromatic N) is 2. The first-order chi connectivity index (χ1) is 10.5. The van der Waals surface area contributed by atoms with Crippen molar-refractivity contribution >= 4 is 17.5 Å². The Morgan fingerprint density at radius 2 is 1.82 bits per heavy atom. The summed E-state index contributed by atoms with van der Waals surface area (Å²) in [7, 11) is 0. The number of halogens is 3. The van der Waals surface area contributed by atoms with E-state index in [0.29, 0.717) is 17.5 Å². The summed E-state index contributed by atoms with van der Waals surface area (Å²) >= 11 is 0. The van der Waals surface area contributed by atoms with Gasteiger partial charge in [-0.15, -0.1) is 0 Å². The first-order valence-electron chi connectivity index (χ1n) is 7.00. The minimum absolute atomic E-state index is 0.334. The molecular weight excluding hydrogens is 293 g/mol. The van der Waals surface area contributed by atoms with Gasteiger partial charge >= 0.3 is 6.18 Å². The minimum Gasteiger partial charge on any atom is -0.370 e. The number of benzene rings is 1. The van der Waals surface area contributed by atoms with E-state index < -0.39 is 11.7 Å². The zero-order valence-electron chi connectivity index (χ0n) is 12.1. The molecule has 0 aliphatic carbocycles. The van der Waals surface area contributed by atoms with Gasteiger partial charge in [0.25, 0.3) is 0 Å². The van der Waals surface area contributed by atoms with Crippen LogP contribution in [0.5, 0.6) is 0 Å². The van der Waals surface area contributed by atoms with E-state index in [0.717, 1.165) is 31.5 Å². The van der Waals surface area contributed by atoms with Crippen molar-refractivity contribution in [2.75, 3.05) is 17.2 Å². The van der Waals surface area contributed by atoms with Crippen molar-refractivity contribution in [2.45, 2.75) is 25.9 Å². The SMILES string of the molecule is CCCCNc1ccnc(Nc2ccc(C(F)(F)F)cc2)n1. The Bertz CT molecular complexity index is 596. The van der Waals surface area contributed by atoms with E-state index in [1.54, 1.807) is 12.3 Å². The second-order valence-electron chi connectivity index (χ2n) is 4.75. The molecule has 0 bridgehead atoms. The van der Waals surface area contributed by atoms with E-state index in [4.69, 9.17) is 0 Å². The Hall–Kier alpha value is -2.31. The Kier molecular flexibility index (Phi) is 5.19. The summed E-state index contributed by atoms with van der Waals surface area (Å²) in [4.78, 5) is 8.31. The van der Waals surface area contributed by atoms with E-state index in [1.807, 2.05) is 0 Å². The quantitative estimate of drug-likeness (QED) is 0.774. The van der Waals surface area contributed by atoms with Crippen LogP contribution in [0, 0.1) is 0 Å². The number of nitrogens with one attached hydrogen (secondary N) is 2. The lowest BCUT2D eigenvalue weighted by atomic mass is 10.2. The average Bonchev–Trinajstić information content (AvgIpc) is 2.48. The summed E-state index contributed by atoms with van der Waals surface area (Å²) < 4.78 is 37.5. The molecule has 0 fully saturated rings. The summed E-state index contributed by atoms with van der Waals surface area (Å²) in [5.41, 5.74) is -0.187. The maximum atomic E-state index is 12.5. The van der Waals surface area contributed by atoms with Crippen LogP contribution in [0.1, 0.15) is 25.3 Å². The molecule has 0 unspecified atom stereocenters. The molecule has 0 amide bonds. The lowest BCUT2D eigenvalue weighted by Gasteiger charge is -2.10. The lowest BCUT2D eigenvalue weighted by molar-refractivity contribution is -0.137. The molecule has 2 aromatic rings. The Labute approximate surface area is 126 Å². The van der Waals surface area contributed by atoms with Crippen LogP contribution in [0.2, 0.25) is 0 Å². The van der Waals surface area contributed by atoms with Gasteiger partial charge in [-0.3, -0.25) is 0 Å². The normalized spacial score (nSPS) is 11.3. The predicted molar refractivity (Wildman–Crippen MR) is 80.2 cm³/mol. The standard InChI is InChI=1S/C15H17F3N4/c1-2-3-9-19-13-8-10-20-14(22-13)21-12-6-4-11(5-7-12)15(16,17)18/h4-8,10H,2-3,9H2,1H3,(H2,19,20,21,22). The molecule has 118 valence electrons. The van der Waals surface area contributed by atoms with E-state index in [-0.39, 0.29) is 0 Å². The molecule has 22 heavy (non-hydrogen) atoms. The highest BCUT2D eigenvalue weighted by Crippen LogP contribution is 2.30. The topological polar surface area (TPSA) is 49.8 Å². The van der Waals surface area contributed by atoms with Crippen molar-refractivity contribution < 1.29 is 13.2 Å². The third-order valence-corrected chi connectivity index (χ3v) is 2.96. The molecule has 1 aromatic heterocycles. The second kappa shape index (κ2) is 7.11. The van der Waals surface area contributed by atoms with Gasteiger partial charge in [-0.2, -0.15) is 18.2 Å². The minimum atomic E-state index is -4.34. The van der Waals surface area contributed by atoms with Gasteiger partial charge in [-0.05, 0) is 36.8 Å². The predicted octanol–water partition coefficient (Wildman–Crippen LogP) is 4.45. The maximum absolute atomic E-state index is 12.5. The molecule has 0 aliphatic heterocycles. The smallest absolute Gasteiger partial charge is 0.370 e. The van der Waals surface area contributed by atoms with E-state index in [9.17, 15) is 13.2 Å². The molecular formula is C15H17F3N4. The van der Waals surface area contributed by atoms with Crippen molar-refractivity contribution in [2.24, 2.45) is 0 Å². The number of hydrogen-bond acceptors (Lipinski definition) is 4. The average molecular weight is 310 g/mol. The lowest BCUT2D eigenvalue weighted by Crippen LogP contribution is -2.06. The van der Waals surface area contributed by atoms with Gasteiger partial charge in [0.15, 0.2) is 0 Å². The van der Waals surface area contributed by atoms with Gasteiger partial charge in [0, 0.05) is 18.4 Å². The van der Waals surface area contributed by atoms with Crippen LogP contribution in [0.15, 0.2) is 36.5 Å². The molecule has 0 aliphatic rings. The Morgan fingerprint density at radius 1 is 1.09 bits per heavy atom. The van der Waals surface area contributed by atoms with Crippen molar-refractivity contribution in [1.82, 2.24) is 9.97 Å². The molecule has 2 rings (SSSR count). The first-order valence-corrected chi connectivity index (χ1v) is 7.00. The van der Waals surface area contributed by atoms with E-state index >= 15 is 0 Å². The molecule has 0 radical (unpaired) electrons. The number of hydrogen-bond donors (Lipinski definition) is 2. The van der Waals surface area contributed by atoms with Gasteiger partial charge in [-0.25, -0.2) is 4.98 Å². The molecule has 1 aromatic carbocycles. The van der Waals surface area contributed by atoms with Crippen LogP contribution in [0.4, 0.5) is 30.6 Å². The van der Waals surface area contributed by atoms with Crippen LogP contribution in [-0.2, 0) is 6.18 Å². The number of aromatic nitrogens is 2. The van der Waals surface area contributed by atoms with Crippen molar-refractivity contribution in [3.05, 3.63) is 42.1 Å². The van der Waals surface area contributed by atoms with E-state index in [2.05, 4.69) is 27.5 Å². The molecule has 1 heterocycles. The number of rotatable bonds is 6. The highest BCUT2D eigenvalue weighted by molar-refractivity contribution is 5.55. The monoisotopic (exact) mass is 310 g/mol. The first kappa shape index (κ1) is 16.1. The fraction of sp³-hybridized carbons (Fsp3) is 0.333. The Balaban J connectivity index is 2.02. The highest BCUT2D eigenvalue weighted by atomic mass is 19.4. The fourth-order valence-electron chi connectivity index (χ4n) is 1.78. The van der Waals surface area contributed by atoms with Crippen molar-refractivity contribution in [1.29, 1.82) is 0 Å². The van der Waals surface area contributed by atoms with Crippen LogP contribution in [0.3, 0.4) is 0 Å². The molecule has 7 heteroatoms. The molecule has 0 atom stereocenters. The third-order valence-electron chi connectivity index (χ3n) is 2.96. The summed E-state index contributed by atoms with van der Waals surface area (Å²) in [5.74, 6) is 1.01. The van der Waals surface area contributed by atoms with Gasteiger partial charge < -0.3 is 10.6 Å². The summed E-state index contributed by atoms with van der Waals surface area (Å²) in [6, 6.07) is 6.48. The molecule has 2 N–H and O–H groups in total. The summed E-state index contributed by atoms with van der Waals surface area (Å²) in [6.45, 7) is 2.91. The maximum Gasteiger partial charge on any atom is 0.416 e. The molecule has 4 nitrogen and oxygen atoms in total. The third kappa shape index (κ3) is 4.61. The van der Waals surface area contributed by atoms with Gasteiger partial charge in [0.2, 0.25) is 5.95 Å². The fourth-order valence-corrected chi connectivity index (χ4v) is 1.78. The van der Waals surface area contributed by atoms with Gasteiger partial charge in [-0.1, -0.05) is 13.3 Å². The summed E-state index contributed by atoms with van der Waals surface area (Å²) in [6.07, 6.45) is -0.633. The Morgan fingerprint density at radius 3 is 2.45 bits per heavy atom. The molecule has 0 saturated carbocycles. The largest absolute Gasteiger partial charge is 0.416 e. The van der Waals surface area contributed by atoms with Crippen molar-refractivity contribution in [3.63, 3.8) is 0 Å². The van der Waals surface area contributed by atoms with Crippen LogP contribution in [0.25, 0.3) is 0 Å². The van der Waals surface area contributed by atoms with Crippen LogP contribution < -0.4 is 10.6 Å². The number of unbranched alkanes of at least 4 members (excludes halogenated alkanes) is 1. The van der Waals surface area contributed by atoms with Gasteiger partial charge in [0.1, 0.15) is 5.82 Å². The second-order valence-corrected chi connectivity index (χ2v) is 4.75. The van der Waals surface area contributed by atoms with E-state index in [1.165, 1.54) is 12.1 Å². The highest BCUT2D eigenvalue weighted by Gasteiger charge is 2.29. The number of alkyl halides is 3.